The Balaban J connectivity index is 2.41. The Hall–Kier alpha value is -0.650. The highest BCUT2D eigenvalue weighted by Gasteiger charge is 2.26. The van der Waals surface area contributed by atoms with E-state index in [2.05, 4.69) is 22.1 Å². The molecule has 1 rings (SSSR count). The first-order chi connectivity index (χ1) is 7.72. The largest absolute Gasteiger partial charge is 0.301 e. The zero-order valence-corrected chi connectivity index (χ0v) is 10.4. The Bertz CT molecular complexity index is 214. The van der Waals surface area contributed by atoms with E-state index in [1.807, 2.05) is 6.92 Å². The molecule has 0 saturated carbocycles. The molecule has 1 heterocycles. The van der Waals surface area contributed by atoms with Gasteiger partial charge in [-0.15, -0.1) is 0 Å². The molecular weight excluding hydrogens is 204 g/mol. The summed E-state index contributed by atoms with van der Waals surface area (Å²) >= 11 is 0. The maximum Gasteiger partial charge on any atom is 0.251 e. The van der Waals surface area contributed by atoms with Crippen molar-refractivity contribution < 1.29 is 4.79 Å². The Kier molecular flexibility index (Phi) is 5.73. The van der Waals surface area contributed by atoms with Gasteiger partial charge in [0.2, 0.25) is 0 Å². The third kappa shape index (κ3) is 3.43. The van der Waals surface area contributed by atoms with Crippen molar-refractivity contribution in [3.05, 3.63) is 0 Å². The molecule has 0 bridgehead atoms. The molecule has 5 heteroatoms. The zero-order chi connectivity index (χ0) is 12.0. The minimum absolute atomic E-state index is 0.0613. The second-order valence-corrected chi connectivity index (χ2v) is 4.31. The van der Waals surface area contributed by atoms with Gasteiger partial charge in [0.05, 0.1) is 6.04 Å². The lowest BCUT2D eigenvalue weighted by atomic mass is 10.1. The van der Waals surface area contributed by atoms with Gasteiger partial charge in [-0.2, -0.15) is 0 Å². The lowest BCUT2D eigenvalue weighted by Crippen LogP contribution is -2.55. The van der Waals surface area contributed by atoms with E-state index in [9.17, 15) is 4.79 Å². The predicted octanol–water partition coefficient (Wildman–Crippen LogP) is -0.217. The normalized spacial score (nSPS) is 20.7. The summed E-state index contributed by atoms with van der Waals surface area (Å²) in [6, 6.07) is -0.0613. The average molecular weight is 228 g/mol. The van der Waals surface area contributed by atoms with E-state index in [4.69, 9.17) is 5.84 Å². The second-order valence-electron chi connectivity index (χ2n) is 4.31. The first kappa shape index (κ1) is 13.4. The number of carbonyl (C=O) groups excluding carboxylic acids is 1. The summed E-state index contributed by atoms with van der Waals surface area (Å²) < 4.78 is 0. The summed E-state index contributed by atoms with van der Waals surface area (Å²) in [5.74, 6) is 5.13. The van der Waals surface area contributed by atoms with Crippen LogP contribution in [0.1, 0.15) is 26.7 Å². The topological polar surface area (TPSA) is 61.6 Å². The minimum atomic E-state index is -0.0635. The second kappa shape index (κ2) is 6.83. The fourth-order valence-electron chi connectivity index (χ4n) is 2.32. The zero-order valence-electron chi connectivity index (χ0n) is 10.4. The number of rotatable bonds is 5. The number of carbonyl (C=O) groups is 1. The van der Waals surface area contributed by atoms with Crippen molar-refractivity contribution in [1.29, 1.82) is 0 Å². The molecule has 1 saturated heterocycles. The van der Waals surface area contributed by atoms with E-state index in [0.717, 1.165) is 39.1 Å². The Morgan fingerprint density at radius 2 is 1.94 bits per heavy atom. The number of nitrogens with zero attached hydrogens (tertiary/aromatic N) is 2. The van der Waals surface area contributed by atoms with Crippen LogP contribution in [0.3, 0.4) is 0 Å². The fourth-order valence-corrected chi connectivity index (χ4v) is 2.32. The monoisotopic (exact) mass is 228 g/mol. The predicted molar refractivity (Wildman–Crippen MR) is 64.7 cm³/mol. The molecular formula is C11H24N4O. The molecule has 16 heavy (non-hydrogen) atoms. The van der Waals surface area contributed by atoms with Gasteiger partial charge in [0, 0.05) is 26.2 Å². The first-order valence-corrected chi connectivity index (χ1v) is 6.19. The number of piperazine rings is 1. The maximum absolute atomic E-state index is 11.6. The van der Waals surface area contributed by atoms with Gasteiger partial charge in [0.25, 0.3) is 5.91 Å². The quantitative estimate of drug-likeness (QED) is 0.388. The SMILES string of the molecule is CCCN1CCN(C(CC)C(=O)NN)CC1. The van der Waals surface area contributed by atoms with Gasteiger partial charge in [-0.3, -0.25) is 15.1 Å². The highest BCUT2D eigenvalue weighted by Crippen LogP contribution is 2.09. The maximum atomic E-state index is 11.6. The Morgan fingerprint density at radius 3 is 2.38 bits per heavy atom. The molecule has 94 valence electrons. The highest BCUT2D eigenvalue weighted by atomic mass is 16.2. The van der Waals surface area contributed by atoms with Gasteiger partial charge in [-0.05, 0) is 19.4 Å². The van der Waals surface area contributed by atoms with Crippen molar-refractivity contribution in [3.63, 3.8) is 0 Å². The molecule has 1 amide bonds. The molecule has 0 aromatic carbocycles. The molecule has 1 aliphatic heterocycles. The van der Waals surface area contributed by atoms with Gasteiger partial charge in [0.1, 0.15) is 0 Å². The summed E-state index contributed by atoms with van der Waals surface area (Å²) in [6.07, 6.45) is 2.01. The smallest absolute Gasteiger partial charge is 0.251 e. The molecule has 0 radical (unpaired) electrons. The molecule has 0 aromatic heterocycles. The number of nitrogens with one attached hydrogen (secondary N) is 1. The van der Waals surface area contributed by atoms with Crippen molar-refractivity contribution in [1.82, 2.24) is 15.2 Å². The summed E-state index contributed by atoms with van der Waals surface area (Å²) in [4.78, 5) is 16.2. The number of hydrazine groups is 1. The van der Waals surface area contributed by atoms with E-state index in [1.54, 1.807) is 0 Å². The summed E-state index contributed by atoms with van der Waals surface area (Å²) in [7, 11) is 0. The van der Waals surface area contributed by atoms with Crippen LogP contribution >= 0.6 is 0 Å². The van der Waals surface area contributed by atoms with Crippen LogP contribution in [-0.4, -0.2) is 54.5 Å². The average Bonchev–Trinajstić information content (AvgIpc) is 2.32. The van der Waals surface area contributed by atoms with Crippen molar-refractivity contribution >= 4 is 5.91 Å². The van der Waals surface area contributed by atoms with Crippen LogP contribution in [0.2, 0.25) is 0 Å². The Morgan fingerprint density at radius 1 is 1.31 bits per heavy atom. The summed E-state index contributed by atoms with van der Waals surface area (Å²) in [5.41, 5.74) is 2.26. The van der Waals surface area contributed by atoms with E-state index < -0.39 is 0 Å². The van der Waals surface area contributed by atoms with Crippen LogP contribution in [0.4, 0.5) is 0 Å². The van der Waals surface area contributed by atoms with Gasteiger partial charge in [0.15, 0.2) is 0 Å². The summed E-state index contributed by atoms with van der Waals surface area (Å²) in [6.45, 7) is 9.43. The van der Waals surface area contributed by atoms with Crippen LogP contribution in [0.25, 0.3) is 0 Å². The third-order valence-electron chi connectivity index (χ3n) is 3.22. The summed E-state index contributed by atoms with van der Waals surface area (Å²) in [5, 5.41) is 0. The van der Waals surface area contributed by atoms with E-state index in [0.29, 0.717) is 0 Å². The van der Waals surface area contributed by atoms with E-state index in [-0.39, 0.29) is 11.9 Å². The van der Waals surface area contributed by atoms with Crippen molar-refractivity contribution in [2.75, 3.05) is 32.7 Å². The van der Waals surface area contributed by atoms with Crippen LogP contribution in [-0.2, 0) is 4.79 Å². The van der Waals surface area contributed by atoms with Gasteiger partial charge < -0.3 is 4.90 Å². The molecule has 1 atom stereocenters. The number of nitrogens with two attached hydrogens (primary N) is 1. The molecule has 5 nitrogen and oxygen atoms in total. The lowest BCUT2D eigenvalue weighted by Gasteiger charge is -2.38. The van der Waals surface area contributed by atoms with Crippen molar-refractivity contribution in [2.24, 2.45) is 5.84 Å². The minimum Gasteiger partial charge on any atom is -0.301 e. The van der Waals surface area contributed by atoms with Crippen LogP contribution in [0, 0.1) is 0 Å². The number of amides is 1. The van der Waals surface area contributed by atoms with E-state index in [1.165, 1.54) is 6.42 Å². The standard InChI is InChI=1S/C11H24N4O/c1-3-5-14-6-8-15(9-7-14)10(4-2)11(16)13-12/h10H,3-9,12H2,1-2H3,(H,13,16). The van der Waals surface area contributed by atoms with Gasteiger partial charge in [-0.1, -0.05) is 13.8 Å². The third-order valence-corrected chi connectivity index (χ3v) is 3.22. The van der Waals surface area contributed by atoms with Crippen molar-refractivity contribution in [3.8, 4) is 0 Å². The van der Waals surface area contributed by atoms with Crippen LogP contribution in [0.5, 0.6) is 0 Å². The molecule has 1 aliphatic rings. The van der Waals surface area contributed by atoms with E-state index >= 15 is 0 Å². The highest BCUT2D eigenvalue weighted by molar-refractivity contribution is 5.81. The van der Waals surface area contributed by atoms with Crippen LogP contribution < -0.4 is 11.3 Å². The van der Waals surface area contributed by atoms with Gasteiger partial charge >= 0.3 is 0 Å². The number of hydrogen-bond donors (Lipinski definition) is 2. The van der Waals surface area contributed by atoms with Crippen LogP contribution in [0.15, 0.2) is 0 Å². The molecule has 1 unspecified atom stereocenters. The number of hydrogen-bond acceptors (Lipinski definition) is 4. The lowest BCUT2D eigenvalue weighted by molar-refractivity contribution is -0.127. The van der Waals surface area contributed by atoms with Gasteiger partial charge in [-0.25, -0.2) is 5.84 Å². The molecule has 3 N–H and O–H groups in total. The molecule has 1 fully saturated rings. The fraction of sp³-hybridized carbons (Fsp3) is 0.909. The molecule has 0 spiro atoms. The Labute approximate surface area is 97.9 Å². The molecule has 0 aromatic rings. The molecule has 0 aliphatic carbocycles. The van der Waals surface area contributed by atoms with Crippen molar-refractivity contribution in [2.45, 2.75) is 32.7 Å². The first-order valence-electron chi connectivity index (χ1n) is 6.19.